The van der Waals surface area contributed by atoms with Crippen molar-refractivity contribution in [2.45, 2.75) is 6.42 Å². The molecule has 0 saturated carbocycles. The van der Waals surface area contributed by atoms with Gasteiger partial charge in [0.05, 0.1) is 26.3 Å². The molecule has 7 heteroatoms. The molecule has 116 valence electrons. The maximum absolute atomic E-state index is 12.1. The molecule has 21 heavy (non-hydrogen) atoms. The molecule has 0 bridgehead atoms. The summed E-state index contributed by atoms with van der Waals surface area (Å²) in [4.78, 5) is 24.2. The molecular formula is C14H19NO6. The maximum atomic E-state index is 12.1. The summed E-state index contributed by atoms with van der Waals surface area (Å²) in [7, 11) is 4.39. The molecule has 0 unspecified atom stereocenters. The van der Waals surface area contributed by atoms with Gasteiger partial charge in [-0.15, -0.1) is 0 Å². The fourth-order valence-corrected chi connectivity index (χ4v) is 1.80. The number of aliphatic carboxylic acids is 1. The van der Waals surface area contributed by atoms with E-state index in [1.165, 1.54) is 26.2 Å². The normalized spacial score (nSPS) is 10.0. The van der Waals surface area contributed by atoms with Gasteiger partial charge < -0.3 is 24.2 Å². The lowest BCUT2D eigenvalue weighted by atomic mass is 10.2. The van der Waals surface area contributed by atoms with Crippen LogP contribution in [0, 0.1) is 0 Å². The van der Waals surface area contributed by atoms with Crippen LogP contribution in [-0.2, 0) is 14.3 Å². The molecule has 1 aromatic carbocycles. The van der Waals surface area contributed by atoms with Crippen molar-refractivity contribution in [3.8, 4) is 11.5 Å². The molecule has 0 fully saturated rings. The monoisotopic (exact) mass is 297 g/mol. The van der Waals surface area contributed by atoms with Crippen LogP contribution < -0.4 is 14.4 Å². The highest BCUT2D eigenvalue weighted by Crippen LogP contribution is 2.32. The fraction of sp³-hybridized carbons (Fsp3) is 0.429. The smallest absolute Gasteiger partial charge is 0.305 e. The van der Waals surface area contributed by atoms with Crippen LogP contribution in [0.2, 0.25) is 0 Å². The van der Waals surface area contributed by atoms with Gasteiger partial charge in [-0.25, -0.2) is 0 Å². The molecule has 0 saturated heterocycles. The summed E-state index contributed by atoms with van der Waals surface area (Å²) in [5, 5.41) is 8.81. The Bertz CT molecular complexity index is 502. The second-order valence-electron chi connectivity index (χ2n) is 4.16. The van der Waals surface area contributed by atoms with Gasteiger partial charge in [-0.3, -0.25) is 9.59 Å². The van der Waals surface area contributed by atoms with E-state index in [2.05, 4.69) is 0 Å². The van der Waals surface area contributed by atoms with Gasteiger partial charge in [0.1, 0.15) is 18.1 Å². The summed E-state index contributed by atoms with van der Waals surface area (Å²) in [5.41, 5.74) is 0.474. The summed E-state index contributed by atoms with van der Waals surface area (Å²) >= 11 is 0. The number of hydrogen-bond donors (Lipinski definition) is 1. The van der Waals surface area contributed by atoms with Gasteiger partial charge in [0.25, 0.3) is 5.91 Å². The molecule has 0 aliphatic heterocycles. The Morgan fingerprint density at radius 1 is 1.19 bits per heavy atom. The summed E-state index contributed by atoms with van der Waals surface area (Å²) in [6.45, 7) is -0.116. The number of ether oxygens (including phenoxy) is 3. The molecule has 7 nitrogen and oxygen atoms in total. The van der Waals surface area contributed by atoms with Gasteiger partial charge in [-0.1, -0.05) is 0 Å². The summed E-state index contributed by atoms with van der Waals surface area (Å²) < 4.78 is 15.2. The Kier molecular flexibility index (Phi) is 6.48. The van der Waals surface area contributed by atoms with Crippen LogP contribution in [0.3, 0.4) is 0 Å². The molecule has 1 N–H and O–H groups in total. The third-order valence-electron chi connectivity index (χ3n) is 2.80. The molecule has 0 aliphatic rings. The van der Waals surface area contributed by atoms with E-state index in [-0.39, 0.29) is 25.5 Å². The molecule has 0 heterocycles. The van der Waals surface area contributed by atoms with E-state index in [4.69, 9.17) is 19.3 Å². The van der Waals surface area contributed by atoms with E-state index in [1.807, 2.05) is 0 Å². The molecule has 1 amide bonds. The van der Waals surface area contributed by atoms with Crippen LogP contribution in [0.15, 0.2) is 18.2 Å². The molecule has 1 rings (SSSR count). The van der Waals surface area contributed by atoms with Gasteiger partial charge in [-0.05, 0) is 12.1 Å². The van der Waals surface area contributed by atoms with Crippen molar-refractivity contribution < 1.29 is 28.9 Å². The second-order valence-corrected chi connectivity index (χ2v) is 4.16. The number of carboxylic acids is 1. The van der Waals surface area contributed by atoms with Crippen molar-refractivity contribution in [3.63, 3.8) is 0 Å². The van der Waals surface area contributed by atoms with Crippen LogP contribution >= 0.6 is 0 Å². The number of carbonyl (C=O) groups is 2. The molecule has 0 spiro atoms. The average molecular weight is 297 g/mol. The molecule has 0 aromatic heterocycles. The maximum Gasteiger partial charge on any atom is 0.305 e. The van der Waals surface area contributed by atoms with Crippen LogP contribution in [0.1, 0.15) is 6.42 Å². The van der Waals surface area contributed by atoms with Crippen molar-refractivity contribution >= 4 is 17.6 Å². The first-order valence-electron chi connectivity index (χ1n) is 6.26. The zero-order chi connectivity index (χ0) is 15.8. The lowest BCUT2D eigenvalue weighted by Crippen LogP contribution is -2.35. The minimum absolute atomic E-state index is 0.0280. The molecule has 0 aliphatic carbocycles. The number of methoxy groups -OCH3 is 3. The van der Waals surface area contributed by atoms with E-state index < -0.39 is 5.97 Å². The first kappa shape index (κ1) is 16.8. The third kappa shape index (κ3) is 4.64. The predicted molar refractivity (Wildman–Crippen MR) is 76.0 cm³/mol. The predicted octanol–water partition coefficient (Wildman–Crippen LogP) is 1.16. The lowest BCUT2D eigenvalue weighted by molar-refractivity contribution is -0.136. The number of carbonyl (C=O) groups excluding carboxylic acids is 1. The number of rotatable bonds is 8. The van der Waals surface area contributed by atoms with Gasteiger partial charge in [0, 0.05) is 19.7 Å². The first-order valence-corrected chi connectivity index (χ1v) is 6.26. The number of benzene rings is 1. The molecule has 1 aromatic rings. The van der Waals surface area contributed by atoms with Crippen LogP contribution in [0.5, 0.6) is 11.5 Å². The minimum Gasteiger partial charge on any atom is -0.497 e. The highest BCUT2D eigenvalue weighted by molar-refractivity contribution is 5.96. The zero-order valence-corrected chi connectivity index (χ0v) is 12.3. The van der Waals surface area contributed by atoms with Crippen LogP contribution in [0.4, 0.5) is 5.69 Å². The van der Waals surface area contributed by atoms with Crippen LogP contribution in [-0.4, -0.2) is 51.5 Å². The quantitative estimate of drug-likeness (QED) is 0.775. The number of amides is 1. The number of hydrogen-bond acceptors (Lipinski definition) is 5. The fourth-order valence-electron chi connectivity index (χ4n) is 1.80. The minimum atomic E-state index is -0.988. The van der Waals surface area contributed by atoms with Gasteiger partial charge in [0.2, 0.25) is 0 Å². The van der Waals surface area contributed by atoms with E-state index in [0.717, 1.165) is 0 Å². The standard InChI is InChI=1S/C14H19NO6/c1-19-9-13(16)15(7-6-14(17)18)11-5-4-10(20-2)8-12(11)21-3/h4-5,8H,6-7,9H2,1-3H3,(H,17,18). The number of anilines is 1. The third-order valence-corrected chi connectivity index (χ3v) is 2.80. The Balaban J connectivity index is 3.11. The van der Waals surface area contributed by atoms with Crippen molar-refractivity contribution in [2.24, 2.45) is 0 Å². The Morgan fingerprint density at radius 3 is 2.43 bits per heavy atom. The summed E-state index contributed by atoms with van der Waals surface area (Å²) in [6, 6.07) is 4.95. The van der Waals surface area contributed by atoms with E-state index in [0.29, 0.717) is 17.2 Å². The summed E-state index contributed by atoms with van der Waals surface area (Å²) in [6.07, 6.45) is -0.176. The van der Waals surface area contributed by atoms with E-state index in [1.54, 1.807) is 18.2 Å². The average Bonchev–Trinajstić information content (AvgIpc) is 2.47. The largest absolute Gasteiger partial charge is 0.497 e. The van der Waals surface area contributed by atoms with Crippen molar-refractivity contribution in [1.29, 1.82) is 0 Å². The molecule has 0 atom stereocenters. The van der Waals surface area contributed by atoms with Crippen molar-refractivity contribution in [2.75, 3.05) is 39.4 Å². The van der Waals surface area contributed by atoms with E-state index >= 15 is 0 Å². The van der Waals surface area contributed by atoms with Crippen molar-refractivity contribution in [1.82, 2.24) is 0 Å². The van der Waals surface area contributed by atoms with E-state index in [9.17, 15) is 9.59 Å². The number of nitrogens with zero attached hydrogens (tertiary/aromatic N) is 1. The first-order chi connectivity index (χ1) is 10.0. The Hall–Kier alpha value is -2.28. The number of carboxylic acid groups (broad SMARTS) is 1. The highest BCUT2D eigenvalue weighted by Gasteiger charge is 2.20. The van der Waals surface area contributed by atoms with Crippen molar-refractivity contribution in [3.05, 3.63) is 18.2 Å². The van der Waals surface area contributed by atoms with Crippen LogP contribution in [0.25, 0.3) is 0 Å². The SMILES string of the molecule is COCC(=O)N(CCC(=O)O)c1ccc(OC)cc1OC. The topological polar surface area (TPSA) is 85.3 Å². The lowest BCUT2D eigenvalue weighted by Gasteiger charge is -2.24. The molecule has 0 radical (unpaired) electrons. The molecular weight excluding hydrogens is 278 g/mol. The summed E-state index contributed by atoms with van der Waals surface area (Å²) in [5.74, 6) is -0.336. The van der Waals surface area contributed by atoms with Gasteiger partial charge in [0.15, 0.2) is 0 Å². The highest BCUT2D eigenvalue weighted by atomic mass is 16.5. The van der Waals surface area contributed by atoms with Gasteiger partial charge >= 0.3 is 5.97 Å². The Labute approximate surface area is 123 Å². The zero-order valence-electron chi connectivity index (χ0n) is 12.3. The second kappa shape index (κ2) is 8.11. The van der Waals surface area contributed by atoms with Gasteiger partial charge in [-0.2, -0.15) is 0 Å². The Morgan fingerprint density at radius 2 is 1.90 bits per heavy atom.